The number of unbranched alkanes of at least 4 members (excludes halogenated alkanes) is 3. The van der Waals surface area contributed by atoms with Crippen molar-refractivity contribution in [1.82, 2.24) is 5.32 Å². The van der Waals surface area contributed by atoms with E-state index in [0.29, 0.717) is 12.0 Å². The molecule has 2 N–H and O–H groups in total. The molecule has 1 aliphatic heterocycles. The molecular weight excluding hydrogens is 258 g/mol. The highest BCUT2D eigenvalue weighted by Gasteiger charge is 2.46. The lowest BCUT2D eigenvalue weighted by Crippen LogP contribution is -2.62. The summed E-state index contributed by atoms with van der Waals surface area (Å²) in [6, 6.07) is 0.708. The second-order valence-corrected chi connectivity index (χ2v) is 7.59. The number of piperidine rings is 1. The average Bonchev–Trinajstić information content (AvgIpc) is 2.47. The molecule has 124 valence electrons. The number of aliphatic hydroxyl groups excluding tert-OH is 1. The van der Waals surface area contributed by atoms with E-state index in [-0.39, 0.29) is 11.6 Å². The van der Waals surface area contributed by atoms with Crippen molar-refractivity contribution < 1.29 is 5.11 Å². The van der Waals surface area contributed by atoms with Crippen LogP contribution in [0.5, 0.6) is 0 Å². The minimum Gasteiger partial charge on any atom is -0.393 e. The van der Waals surface area contributed by atoms with E-state index < -0.39 is 0 Å². The maximum absolute atomic E-state index is 10.6. The van der Waals surface area contributed by atoms with Crippen LogP contribution >= 0.6 is 0 Å². The van der Waals surface area contributed by atoms with Gasteiger partial charge < -0.3 is 10.4 Å². The van der Waals surface area contributed by atoms with Crippen LogP contribution in [-0.2, 0) is 0 Å². The first-order chi connectivity index (χ1) is 10.2. The molecule has 0 aromatic heterocycles. The standard InChI is InChI=1S/C19H37NO/c1-3-5-7-10-16-11-8-14-19(20-16)15-9-13-18(21)17(19)12-6-4-2/h16-18,20-21H,3-15H2,1-2H3/t16-,17-,18+,19+/m0/s1. The number of aliphatic hydroxyl groups is 1. The van der Waals surface area contributed by atoms with E-state index in [0.717, 1.165) is 6.42 Å². The highest BCUT2D eigenvalue weighted by molar-refractivity contribution is 5.04. The number of nitrogens with one attached hydrogen (secondary N) is 1. The van der Waals surface area contributed by atoms with Crippen molar-refractivity contribution >= 4 is 0 Å². The molecule has 2 nitrogen and oxygen atoms in total. The summed E-state index contributed by atoms with van der Waals surface area (Å²) in [6.45, 7) is 4.55. The average molecular weight is 296 g/mol. The molecule has 0 unspecified atom stereocenters. The molecule has 0 bridgehead atoms. The van der Waals surface area contributed by atoms with Gasteiger partial charge >= 0.3 is 0 Å². The Morgan fingerprint density at radius 1 is 0.952 bits per heavy atom. The number of hydrogen-bond acceptors (Lipinski definition) is 2. The Kier molecular flexibility index (Phi) is 7.01. The number of rotatable bonds is 7. The van der Waals surface area contributed by atoms with Gasteiger partial charge in [-0.2, -0.15) is 0 Å². The summed E-state index contributed by atoms with van der Waals surface area (Å²) in [5.74, 6) is 0.500. The topological polar surface area (TPSA) is 32.3 Å². The van der Waals surface area contributed by atoms with E-state index in [9.17, 15) is 5.11 Å². The molecule has 1 heterocycles. The highest BCUT2D eigenvalue weighted by Crippen LogP contribution is 2.43. The van der Waals surface area contributed by atoms with E-state index in [2.05, 4.69) is 19.2 Å². The van der Waals surface area contributed by atoms with Gasteiger partial charge in [0.05, 0.1) is 6.10 Å². The summed E-state index contributed by atoms with van der Waals surface area (Å²) in [5, 5.41) is 14.6. The first-order valence-corrected chi connectivity index (χ1v) is 9.67. The predicted octanol–water partition coefficient (Wildman–Crippen LogP) is 4.80. The maximum atomic E-state index is 10.6. The fourth-order valence-corrected chi connectivity index (χ4v) is 4.84. The van der Waals surface area contributed by atoms with Gasteiger partial charge in [-0.3, -0.25) is 0 Å². The van der Waals surface area contributed by atoms with E-state index in [1.807, 2.05) is 0 Å². The third kappa shape index (κ3) is 4.45. The first kappa shape index (κ1) is 17.3. The van der Waals surface area contributed by atoms with Crippen LogP contribution in [0.15, 0.2) is 0 Å². The van der Waals surface area contributed by atoms with Crippen LogP contribution in [0.2, 0.25) is 0 Å². The van der Waals surface area contributed by atoms with Crippen molar-refractivity contribution in [3.63, 3.8) is 0 Å². The van der Waals surface area contributed by atoms with Crippen LogP contribution in [0, 0.1) is 5.92 Å². The van der Waals surface area contributed by atoms with Crippen LogP contribution in [0.4, 0.5) is 0 Å². The Balaban J connectivity index is 1.98. The molecule has 4 atom stereocenters. The van der Waals surface area contributed by atoms with E-state index >= 15 is 0 Å². The fraction of sp³-hybridized carbons (Fsp3) is 1.00. The summed E-state index contributed by atoms with van der Waals surface area (Å²) in [4.78, 5) is 0. The van der Waals surface area contributed by atoms with Crippen molar-refractivity contribution in [1.29, 1.82) is 0 Å². The lowest BCUT2D eigenvalue weighted by molar-refractivity contribution is -0.0257. The molecule has 0 aromatic rings. The quantitative estimate of drug-likeness (QED) is 0.661. The Labute approximate surface area is 132 Å². The van der Waals surface area contributed by atoms with Crippen LogP contribution < -0.4 is 5.32 Å². The van der Waals surface area contributed by atoms with Crippen molar-refractivity contribution in [2.45, 2.75) is 115 Å². The van der Waals surface area contributed by atoms with Gasteiger partial charge in [-0.15, -0.1) is 0 Å². The van der Waals surface area contributed by atoms with Crippen molar-refractivity contribution in [3.05, 3.63) is 0 Å². The fourth-order valence-electron chi connectivity index (χ4n) is 4.84. The van der Waals surface area contributed by atoms with E-state index in [1.54, 1.807) is 0 Å². The lowest BCUT2D eigenvalue weighted by Gasteiger charge is -2.52. The first-order valence-electron chi connectivity index (χ1n) is 9.67. The molecule has 2 rings (SSSR count). The second kappa shape index (κ2) is 8.53. The highest BCUT2D eigenvalue weighted by atomic mass is 16.3. The largest absolute Gasteiger partial charge is 0.393 e. The molecule has 21 heavy (non-hydrogen) atoms. The molecule has 0 radical (unpaired) electrons. The van der Waals surface area contributed by atoms with Crippen molar-refractivity contribution in [3.8, 4) is 0 Å². The third-order valence-corrected chi connectivity index (χ3v) is 5.99. The van der Waals surface area contributed by atoms with Gasteiger partial charge in [-0.25, -0.2) is 0 Å². The summed E-state index contributed by atoms with van der Waals surface area (Å²) in [6.07, 6.45) is 16.6. The minimum atomic E-state index is -0.0628. The van der Waals surface area contributed by atoms with Crippen molar-refractivity contribution in [2.24, 2.45) is 5.92 Å². The Hall–Kier alpha value is -0.0800. The molecule has 0 aromatic carbocycles. The smallest absolute Gasteiger partial charge is 0.0586 e. The monoisotopic (exact) mass is 295 g/mol. The predicted molar refractivity (Wildman–Crippen MR) is 90.5 cm³/mol. The lowest BCUT2D eigenvalue weighted by atomic mass is 9.64. The van der Waals surface area contributed by atoms with Gasteiger partial charge in [-0.05, 0) is 44.9 Å². The third-order valence-electron chi connectivity index (χ3n) is 5.99. The van der Waals surface area contributed by atoms with Crippen molar-refractivity contribution in [2.75, 3.05) is 0 Å². The summed E-state index contributed by atoms with van der Waals surface area (Å²) < 4.78 is 0. The Morgan fingerprint density at radius 3 is 2.38 bits per heavy atom. The molecule has 1 saturated carbocycles. The Bertz CT molecular complexity index is 289. The molecule has 2 aliphatic rings. The summed E-state index contributed by atoms with van der Waals surface area (Å²) >= 11 is 0. The second-order valence-electron chi connectivity index (χ2n) is 7.59. The molecule has 1 spiro atoms. The molecular formula is C19H37NO. The van der Waals surface area contributed by atoms with Crippen LogP contribution in [0.3, 0.4) is 0 Å². The Morgan fingerprint density at radius 2 is 1.67 bits per heavy atom. The maximum Gasteiger partial charge on any atom is 0.0586 e. The van der Waals surface area contributed by atoms with Gasteiger partial charge in [0.25, 0.3) is 0 Å². The molecule has 2 fully saturated rings. The normalized spacial score (nSPS) is 37.0. The van der Waals surface area contributed by atoms with Gasteiger partial charge in [0, 0.05) is 17.5 Å². The molecule has 0 amide bonds. The van der Waals surface area contributed by atoms with Gasteiger partial charge in [0.1, 0.15) is 0 Å². The number of hydrogen-bond donors (Lipinski definition) is 2. The van der Waals surface area contributed by atoms with Crippen LogP contribution in [0.25, 0.3) is 0 Å². The zero-order valence-electron chi connectivity index (χ0n) is 14.4. The SMILES string of the molecule is CCCCC[C@H]1CCC[C@]2(CCC[C@@H](O)[C@@H]2CCCC)N1. The summed E-state index contributed by atoms with van der Waals surface area (Å²) in [7, 11) is 0. The van der Waals surface area contributed by atoms with Crippen LogP contribution in [0.1, 0.15) is 97.3 Å². The molecule has 1 saturated heterocycles. The zero-order valence-corrected chi connectivity index (χ0v) is 14.4. The van der Waals surface area contributed by atoms with Crippen LogP contribution in [-0.4, -0.2) is 22.8 Å². The summed E-state index contributed by atoms with van der Waals surface area (Å²) in [5.41, 5.74) is 0.266. The molecule has 1 aliphatic carbocycles. The molecule has 2 heteroatoms. The minimum absolute atomic E-state index is 0.0628. The van der Waals surface area contributed by atoms with E-state index in [1.165, 1.54) is 77.0 Å². The van der Waals surface area contributed by atoms with Gasteiger partial charge in [-0.1, -0.05) is 52.4 Å². The van der Waals surface area contributed by atoms with Gasteiger partial charge in [0.2, 0.25) is 0 Å². The van der Waals surface area contributed by atoms with E-state index in [4.69, 9.17) is 0 Å². The van der Waals surface area contributed by atoms with Gasteiger partial charge in [0.15, 0.2) is 0 Å². The zero-order chi connectivity index (χ0) is 15.1.